The quantitative estimate of drug-likeness (QED) is 0.840. The highest BCUT2D eigenvalue weighted by atomic mass is 32.2. The van der Waals surface area contributed by atoms with E-state index in [1.807, 2.05) is 6.07 Å². The Bertz CT molecular complexity index is 562. The lowest BCUT2D eigenvalue weighted by atomic mass is 10.0. The standard InChI is InChI=1S/C16H24N2O3S/c19-22(20,16-6-2-1-3-7-16)18-10-8-17(9-11-18)13-15-5-4-12-21-14-15/h1-3,6-7,15H,4-5,8-14H2/t15-/m1/s1. The average Bonchev–Trinajstić information content (AvgIpc) is 2.57. The molecule has 0 unspecified atom stereocenters. The van der Waals surface area contributed by atoms with Crippen LogP contribution in [0.3, 0.4) is 0 Å². The molecule has 0 amide bonds. The molecule has 2 heterocycles. The van der Waals surface area contributed by atoms with E-state index in [1.54, 1.807) is 28.6 Å². The van der Waals surface area contributed by atoms with E-state index in [4.69, 9.17) is 4.74 Å². The smallest absolute Gasteiger partial charge is 0.243 e. The van der Waals surface area contributed by atoms with Gasteiger partial charge in [-0.3, -0.25) is 0 Å². The number of ether oxygens (including phenoxy) is 1. The molecule has 0 aliphatic carbocycles. The Labute approximate surface area is 132 Å². The van der Waals surface area contributed by atoms with Gasteiger partial charge in [0.2, 0.25) is 10.0 Å². The molecule has 0 aromatic heterocycles. The number of rotatable bonds is 4. The first kappa shape index (κ1) is 15.9. The van der Waals surface area contributed by atoms with Crippen molar-refractivity contribution in [3.63, 3.8) is 0 Å². The van der Waals surface area contributed by atoms with Crippen molar-refractivity contribution in [3.8, 4) is 0 Å². The van der Waals surface area contributed by atoms with Crippen LogP contribution in [0, 0.1) is 5.92 Å². The molecule has 22 heavy (non-hydrogen) atoms. The largest absolute Gasteiger partial charge is 0.381 e. The maximum atomic E-state index is 12.6. The molecule has 6 heteroatoms. The summed E-state index contributed by atoms with van der Waals surface area (Å²) in [7, 11) is -3.34. The zero-order chi connectivity index (χ0) is 15.4. The van der Waals surface area contributed by atoms with Gasteiger partial charge in [-0.1, -0.05) is 18.2 Å². The van der Waals surface area contributed by atoms with Crippen LogP contribution in [-0.4, -0.2) is 63.6 Å². The first-order chi connectivity index (χ1) is 10.7. The Morgan fingerprint density at radius 2 is 1.82 bits per heavy atom. The highest BCUT2D eigenvalue weighted by molar-refractivity contribution is 7.89. The summed E-state index contributed by atoms with van der Waals surface area (Å²) >= 11 is 0. The van der Waals surface area contributed by atoms with Gasteiger partial charge < -0.3 is 9.64 Å². The second kappa shape index (κ2) is 7.08. The monoisotopic (exact) mass is 324 g/mol. The van der Waals surface area contributed by atoms with Crippen molar-refractivity contribution in [3.05, 3.63) is 30.3 Å². The molecule has 0 spiro atoms. The van der Waals surface area contributed by atoms with Crippen LogP contribution in [0.5, 0.6) is 0 Å². The Hall–Kier alpha value is -0.950. The normalized spacial score (nSPS) is 25.2. The number of nitrogens with zero attached hydrogens (tertiary/aromatic N) is 2. The van der Waals surface area contributed by atoms with E-state index in [-0.39, 0.29) is 0 Å². The molecule has 2 aliphatic rings. The lowest BCUT2D eigenvalue weighted by molar-refractivity contribution is 0.0335. The van der Waals surface area contributed by atoms with Crippen LogP contribution in [0.15, 0.2) is 35.2 Å². The summed E-state index contributed by atoms with van der Waals surface area (Å²) in [4.78, 5) is 2.76. The lowest BCUT2D eigenvalue weighted by Crippen LogP contribution is -2.50. The van der Waals surface area contributed by atoms with Crippen molar-refractivity contribution in [2.45, 2.75) is 17.7 Å². The summed E-state index contributed by atoms with van der Waals surface area (Å²) in [6, 6.07) is 8.71. The van der Waals surface area contributed by atoms with E-state index in [9.17, 15) is 8.42 Å². The summed E-state index contributed by atoms with van der Waals surface area (Å²) in [5.41, 5.74) is 0. The molecule has 0 radical (unpaired) electrons. The zero-order valence-electron chi connectivity index (χ0n) is 12.9. The molecular formula is C16H24N2O3S. The number of hydrogen-bond acceptors (Lipinski definition) is 4. The molecule has 2 fully saturated rings. The van der Waals surface area contributed by atoms with Crippen molar-refractivity contribution in [2.24, 2.45) is 5.92 Å². The van der Waals surface area contributed by atoms with Crippen LogP contribution >= 0.6 is 0 Å². The lowest BCUT2D eigenvalue weighted by Gasteiger charge is -2.36. The van der Waals surface area contributed by atoms with Gasteiger partial charge in [0.05, 0.1) is 11.5 Å². The van der Waals surface area contributed by atoms with E-state index in [0.29, 0.717) is 23.9 Å². The Balaban J connectivity index is 1.55. The van der Waals surface area contributed by atoms with Crippen molar-refractivity contribution < 1.29 is 13.2 Å². The van der Waals surface area contributed by atoms with E-state index >= 15 is 0 Å². The zero-order valence-corrected chi connectivity index (χ0v) is 13.7. The third-order valence-corrected chi connectivity index (χ3v) is 6.40. The maximum absolute atomic E-state index is 12.6. The highest BCUT2D eigenvalue weighted by Crippen LogP contribution is 2.19. The van der Waals surface area contributed by atoms with Gasteiger partial charge in [-0.05, 0) is 30.9 Å². The minimum absolute atomic E-state index is 0.393. The fourth-order valence-corrected chi connectivity index (χ4v) is 4.65. The van der Waals surface area contributed by atoms with Gasteiger partial charge in [-0.2, -0.15) is 4.31 Å². The van der Waals surface area contributed by atoms with E-state index < -0.39 is 10.0 Å². The average molecular weight is 324 g/mol. The fraction of sp³-hybridized carbons (Fsp3) is 0.625. The summed E-state index contributed by atoms with van der Waals surface area (Å²) in [6.07, 6.45) is 2.37. The summed E-state index contributed by atoms with van der Waals surface area (Å²) in [6.45, 7) is 5.53. The number of sulfonamides is 1. The molecule has 1 atom stereocenters. The minimum atomic E-state index is -3.34. The summed E-state index contributed by atoms with van der Waals surface area (Å²) < 4.78 is 32.3. The first-order valence-corrected chi connectivity index (χ1v) is 9.45. The van der Waals surface area contributed by atoms with Crippen molar-refractivity contribution in [1.29, 1.82) is 0 Å². The highest BCUT2D eigenvalue weighted by Gasteiger charge is 2.29. The Morgan fingerprint density at radius 1 is 1.09 bits per heavy atom. The van der Waals surface area contributed by atoms with Gasteiger partial charge in [0.15, 0.2) is 0 Å². The molecule has 0 N–H and O–H groups in total. The molecule has 0 saturated carbocycles. The molecule has 0 bridgehead atoms. The molecule has 122 valence electrons. The Morgan fingerprint density at radius 3 is 2.45 bits per heavy atom. The van der Waals surface area contributed by atoms with Crippen molar-refractivity contribution in [2.75, 3.05) is 45.9 Å². The second-order valence-electron chi connectivity index (χ2n) is 6.10. The van der Waals surface area contributed by atoms with Crippen molar-refractivity contribution in [1.82, 2.24) is 9.21 Å². The molecule has 1 aromatic rings. The topological polar surface area (TPSA) is 49.9 Å². The predicted molar refractivity (Wildman–Crippen MR) is 85.2 cm³/mol. The molecule has 2 aliphatic heterocycles. The molecule has 3 rings (SSSR count). The maximum Gasteiger partial charge on any atom is 0.243 e. The third kappa shape index (κ3) is 3.68. The van der Waals surface area contributed by atoms with E-state index in [1.165, 1.54) is 6.42 Å². The second-order valence-corrected chi connectivity index (χ2v) is 8.04. The van der Waals surface area contributed by atoms with Crippen molar-refractivity contribution >= 4 is 10.0 Å². The van der Waals surface area contributed by atoms with Gasteiger partial charge in [0.25, 0.3) is 0 Å². The van der Waals surface area contributed by atoms with Crippen LogP contribution in [0.25, 0.3) is 0 Å². The molecule has 2 saturated heterocycles. The number of benzene rings is 1. The van der Waals surface area contributed by atoms with Gasteiger partial charge >= 0.3 is 0 Å². The number of piperazine rings is 1. The van der Waals surface area contributed by atoms with E-state index in [2.05, 4.69) is 4.90 Å². The van der Waals surface area contributed by atoms with Gasteiger partial charge in [-0.15, -0.1) is 0 Å². The molecular weight excluding hydrogens is 300 g/mol. The first-order valence-electron chi connectivity index (χ1n) is 8.01. The van der Waals surface area contributed by atoms with Crippen LogP contribution < -0.4 is 0 Å². The van der Waals surface area contributed by atoms with Crippen LogP contribution in [0.4, 0.5) is 0 Å². The van der Waals surface area contributed by atoms with Gasteiger partial charge in [0, 0.05) is 39.3 Å². The van der Waals surface area contributed by atoms with E-state index in [0.717, 1.165) is 39.3 Å². The molecule has 1 aromatic carbocycles. The minimum Gasteiger partial charge on any atom is -0.381 e. The predicted octanol–water partition coefficient (Wildman–Crippen LogP) is 1.42. The SMILES string of the molecule is O=S(=O)(c1ccccc1)N1CCN(C[C@H]2CCCOC2)CC1. The summed E-state index contributed by atoms with van der Waals surface area (Å²) in [5, 5.41) is 0. The van der Waals surface area contributed by atoms with Gasteiger partial charge in [-0.25, -0.2) is 8.42 Å². The van der Waals surface area contributed by atoms with Crippen LogP contribution in [-0.2, 0) is 14.8 Å². The van der Waals surface area contributed by atoms with Gasteiger partial charge in [0.1, 0.15) is 0 Å². The molecule has 5 nitrogen and oxygen atoms in total. The summed E-state index contributed by atoms with van der Waals surface area (Å²) in [5.74, 6) is 0.603. The fourth-order valence-electron chi connectivity index (χ4n) is 3.21. The van der Waals surface area contributed by atoms with Crippen LogP contribution in [0.1, 0.15) is 12.8 Å². The van der Waals surface area contributed by atoms with Crippen LogP contribution in [0.2, 0.25) is 0 Å². The third-order valence-electron chi connectivity index (χ3n) is 4.48. The number of hydrogen-bond donors (Lipinski definition) is 0. The Kier molecular flexibility index (Phi) is 5.13.